The fraction of sp³-hybridized carbons (Fsp3) is 0.438. The van der Waals surface area contributed by atoms with Crippen LogP contribution in [0, 0.1) is 0 Å². The number of hydrogen-bond donors (Lipinski definition) is 0. The largest absolute Gasteiger partial charge is 0.337 e. The van der Waals surface area contributed by atoms with Gasteiger partial charge in [0, 0.05) is 52.0 Å². The molecule has 0 N–H and O–H groups in total. The Bertz CT molecular complexity index is 1170. The highest BCUT2D eigenvalue weighted by Gasteiger charge is 2.13. The predicted octanol–water partition coefficient (Wildman–Crippen LogP) is 5.76. The number of imidazole rings is 2. The summed E-state index contributed by atoms with van der Waals surface area (Å²) >= 11 is 0. The SMILES string of the molecule is CCCN(CCC)Cc1ccc(CCc2ccc(CN(Cc3nccn3C)Cc3nccn3C)cc2)cc1. The Hall–Kier alpha value is -3.22. The van der Waals surface area contributed by atoms with E-state index in [1.54, 1.807) is 0 Å². The molecule has 0 aliphatic heterocycles. The smallest absolute Gasteiger partial charge is 0.122 e. The second-order valence-corrected chi connectivity index (χ2v) is 10.5. The van der Waals surface area contributed by atoms with Crippen molar-refractivity contribution in [2.45, 2.75) is 65.7 Å². The molecule has 0 radical (unpaired) electrons. The van der Waals surface area contributed by atoms with E-state index in [9.17, 15) is 0 Å². The maximum Gasteiger partial charge on any atom is 0.122 e. The van der Waals surface area contributed by atoms with Crippen molar-refractivity contribution in [3.8, 4) is 0 Å². The van der Waals surface area contributed by atoms with Crippen molar-refractivity contribution < 1.29 is 0 Å². The molecule has 4 aromatic rings. The van der Waals surface area contributed by atoms with Crippen LogP contribution in [0.5, 0.6) is 0 Å². The fourth-order valence-corrected chi connectivity index (χ4v) is 5.00. The summed E-state index contributed by atoms with van der Waals surface area (Å²) < 4.78 is 4.18. The Morgan fingerprint density at radius 1 is 0.553 bits per heavy atom. The molecule has 0 amide bonds. The third-order valence-electron chi connectivity index (χ3n) is 7.21. The maximum atomic E-state index is 4.54. The molecule has 0 fully saturated rings. The molecule has 2 aromatic heterocycles. The van der Waals surface area contributed by atoms with E-state index in [0.717, 1.165) is 50.7 Å². The number of hydrogen-bond acceptors (Lipinski definition) is 4. The third-order valence-corrected chi connectivity index (χ3v) is 7.21. The molecule has 0 spiro atoms. The van der Waals surface area contributed by atoms with Gasteiger partial charge >= 0.3 is 0 Å². The highest BCUT2D eigenvalue weighted by atomic mass is 15.2. The van der Waals surface area contributed by atoms with Crippen LogP contribution in [0.4, 0.5) is 0 Å². The van der Waals surface area contributed by atoms with Crippen LogP contribution in [0.25, 0.3) is 0 Å². The lowest BCUT2D eigenvalue weighted by Crippen LogP contribution is -2.25. The van der Waals surface area contributed by atoms with Crippen molar-refractivity contribution in [2.75, 3.05) is 13.1 Å². The quantitative estimate of drug-likeness (QED) is 0.203. The lowest BCUT2D eigenvalue weighted by molar-refractivity contribution is 0.230. The van der Waals surface area contributed by atoms with Gasteiger partial charge in [-0.25, -0.2) is 9.97 Å². The van der Waals surface area contributed by atoms with Crippen LogP contribution < -0.4 is 0 Å². The molecule has 0 unspecified atom stereocenters. The molecule has 6 heteroatoms. The van der Waals surface area contributed by atoms with Crippen molar-refractivity contribution in [1.29, 1.82) is 0 Å². The minimum absolute atomic E-state index is 0.781. The zero-order valence-corrected chi connectivity index (χ0v) is 23.7. The van der Waals surface area contributed by atoms with Crippen LogP contribution >= 0.6 is 0 Å². The Kier molecular flexibility index (Phi) is 10.3. The Balaban J connectivity index is 1.32. The minimum Gasteiger partial charge on any atom is -0.337 e. The average Bonchev–Trinajstić information content (AvgIpc) is 3.51. The first-order valence-corrected chi connectivity index (χ1v) is 14.1. The summed E-state index contributed by atoms with van der Waals surface area (Å²) in [5.74, 6) is 2.12. The van der Waals surface area contributed by atoms with Crippen LogP contribution in [-0.4, -0.2) is 42.0 Å². The number of benzene rings is 2. The van der Waals surface area contributed by atoms with Gasteiger partial charge < -0.3 is 9.13 Å². The highest BCUT2D eigenvalue weighted by Crippen LogP contribution is 2.16. The van der Waals surface area contributed by atoms with Crippen LogP contribution in [0.1, 0.15) is 60.6 Å². The van der Waals surface area contributed by atoms with E-state index in [-0.39, 0.29) is 0 Å². The molecule has 0 bridgehead atoms. The van der Waals surface area contributed by atoms with Gasteiger partial charge in [-0.15, -0.1) is 0 Å². The number of aryl methyl sites for hydroxylation is 4. The number of nitrogens with zero attached hydrogens (tertiary/aromatic N) is 6. The molecule has 4 rings (SSSR count). The van der Waals surface area contributed by atoms with Gasteiger partial charge in [-0.1, -0.05) is 62.4 Å². The lowest BCUT2D eigenvalue weighted by atomic mass is 10.0. The molecule has 0 saturated heterocycles. The normalized spacial score (nSPS) is 11.6. The summed E-state index contributed by atoms with van der Waals surface area (Å²) in [6.07, 6.45) is 12.3. The molecule has 0 aliphatic carbocycles. The highest BCUT2D eigenvalue weighted by molar-refractivity contribution is 5.26. The molecule has 6 nitrogen and oxygen atoms in total. The Morgan fingerprint density at radius 3 is 1.32 bits per heavy atom. The second-order valence-electron chi connectivity index (χ2n) is 10.5. The van der Waals surface area contributed by atoms with Gasteiger partial charge in [-0.2, -0.15) is 0 Å². The number of aromatic nitrogens is 4. The first-order chi connectivity index (χ1) is 18.5. The molecule has 0 saturated carbocycles. The van der Waals surface area contributed by atoms with Gasteiger partial charge in [0.1, 0.15) is 11.6 Å². The zero-order valence-electron chi connectivity index (χ0n) is 23.7. The van der Waals surface area contributed by atoms with Crippen molar-refractivity contribution in [3.63, 3.8) is 0 Å². The van der Waals surface area contributed by atoms with Crippen molar-refractivity contribution in [1.82, 2.24) is 28.9 Å². The van der Waals surface area contributed by atoms with Gasteiger partial charge in [0.15, 0.2) is 0 Å². The van der Waals surface area contributed by atoms with Gasteiger partial charge in [-0.05, 0) is 61.0 Å². The predicted molar refractivity (Wildman–Crippen MR) is 156 cm³/mol. The van der Waals surface area contributed by atoms with E-state index in [2.05, 4.69) is 105 Å². The van der Waals surface area contributed by atoms with E-state index < -0.39 is 0 Å². The van der Waals surface area contributed by atoms with E-state index in [4.69, 9.17) is 0 Å². The van der Waals surface area contributed by atoms with Crippen molar-refractivity contribution >= 4 is 0 Å². The van der Waals surface area contributed by atoms with E-state index >= 15 is 0 Å². The number of rotatable bonds is 15. The van der Waals surface area contributed by atoms with Crippen LogP contribution in [0.15, 0.2) is 73.3 Å². The van der Waals surface area contributed by atoms with Gasteiger partial charge in [0.2, 0.25) is 0 Å². The summed E-state index contributed by atoms with van der Waals surface area (Å²) in [6.45, 7) is 10.4. The Morgan fingerprint density at radius 2 is 0.947 bits per heavy atom. The third kappa shape index (κ3) is 8.14. The summed E-state index contributed by atoms with van der Waals surface area (Å²) in [5, 5.41) is 0. The van der Waals surface area contributed by atoms with E-state index in [1.807, 2.05) is 24.8 Å². The van der Waals surface area contributed by atoms with Crippen LogP contribution in [0.3, 0.4) is 0 Å². The summed E-state index contributed by atoms with van der Waals surface area (Å²) in [5.41, 5.74) is 5.52. The monoisotopic (exact) mass is 512 g/mol. The van der Waals surface area contributed by atoms with E-state index in [0.29, 0.717) is 0 Å². The first-order valence-electron chi connectivity index (χ1n) is 14.1. The second kappa shape index (κ2) is 14.1. The Labute approximate surface area is 229 Å². The first kappa shape index (κ1) is 27.8. The summed E-state index contributed by atoms with van der Waals surface area (Å²) in [4.78, 5) is 14.1. The molecule has 38 heavy (non-hydrogen) atoms. The summed E-state index contributed by atoms with van der Waals surface area (Å²) in [7, 11) is 4.11. The topological polar surface area (TPSA) is 42.1 Å². The molecule has 0 atom stereocenters. The van der Waals surface area contributed by atoms with Crippen LogP contribution in [0.2, 0.25) is 0 Å². The zero-order chi connectivity index (χ0) is 26.7. The lowest BCUT2D eigenvalue weighted by Gasteiger charge is -2.22. The average molecular weight is 513 g/mol. The molecular formula is C32H44N6. The molecule has 0 aliphatic rings. The standard InChI is InChI=1S/C32H44N6/c1-5-19-37(20-6-2)23-29-13-9-27(10-14-29)7-8-28-11-15-30(16-12-28)24-38(25-31-33-17-21-35(31)3)26-32-34-18-22-36(32)4/h9-18,21-22H,5-8,19-20,23-26H2,1-4H3. The van der Waals surface area contributed by atoms with Gasteiger partial charge in [0.25, 0.3) is 0 Å². The van der Waals surface area contributed by atoms with Crippen molar-refractivity contribution in [2.24, 2.45) is 14.1 Å². The molecule has 2 heterocycles. The van der Waals surface area contributed by atoms with Crippen molar-refractivity contribution in [3.05, 3.63) is 107 Å². The van der Waals surface area contributed by atoms with E-state index in [1.165, 1.54) is 48.2 Å². The molecular weight excluding hydrogens is 468 g/mol. The maximum absolute atomic E-state index is 4.54. The molecule has 202 valence electrons. The van der Waals surface area contributed by atoms with Gasteiger partial charge in [0.05, 0.1) is 13.1 Å². The van der Waals surface area contributed by atoms with Gasteiger partial charge in [-0.3, -0.25) is 9.80 Å². The minimum atomic E-state index is 0.781. The summed E-state index contributed by atoms with van der Waals surface area (Å²) in [6, 6.07) is 18.4. The van der Waals surface area contributed by atoms with Crippen LogP contribution in [-0.2, 0) is 53.1 Å². The fourth-order valence-electron chi connectivity index (χ4n) is 5.00. The molecule has 2 aromatic carbocycles.